The molecule has 0 aliphatic carbocycles. The smallest absolute Gasteiger partial charge is 0.0952 e. The van der Waals surface area contributed by atoms with Gasteiger partial charge >= 0.3 is 0 Å². The van der Waals surface area contributed by atoms with E-state index < -0.39 is 0 Å². The third-order valence-electron chi connectivity index (χ3n) is 4.88. The van der Waals surface area contributed by atoms with Crippen LogP contribution in [0.15, 0.2) is 24.3 Å². The molecule has 2 unspecified atom stereocenters. The van der Waals surface area contributed by atoms with E-state index in [4.69, 9.17) is 4.74 Å². The Morgan fingerprint density at radius 3 is 2.90 bits per heavy atom. The number of fused-ring (bicyclic) bond motifs is 1. The van der Waals surface area contributed by atoms with E-state index in [9.17, 15) is 0 Å². The van der Waals surface area contributed by atoms with E-state index in [0.717, 1.165) is 26.1 Å². The van der Waals surface area contributed by atoms with Crippen molar-refractivity contribution in [2.45, 2.75) is 44.8 Å². The molecular weight excluding hydrogens is 260 g/mol. The van der Waals surface area contributed by atoms with Crippen molar-refractivity contribution in [3.05, 3.63) is 35.4 Å². The number of likely N-dealkylation sites (tertiary alicyclic amines) is 1. The first-order chi connectivity index (χ1) is 10.3. The van der Waals surface area contributed by atoms with E-state index in [-0.39, 0.29) is 6.10 Å². The van der Waals surface area contributed by atoms with Crippen LogP contribution in [0, 0.1) is 0 Å². The van der Waals surface area contributed by atoms with Crippen LogP contribution in [0.25, 0.3) is 0 Å². The van der Waals surface area contributed by atoms with Crippen LogP contribution >= 0.6 is 0 Å². The lowest BCUT2D eigenvalue weighted by atomic mass is 9.97. The molecule has 116 valence electrons. The number of hydrogen-bond donors (Lipinski definition) is 1. The van der Waals surface area contributed by atoms with Gasteiger partial charge in [-0.25, -0.2) is 0 Å². The molecule has 3 rings (SSSR count). The van der Waals surface area contributed by atoms with Crippen LogP contribution in [-0.2, 0) is 11.2 Å². The predicted molar refractivity (Wildman–Crippen MR) is 86.6 cm³/mol. The highest BCUT2D eigenvalue weighted by atomic mass is 16.5. The molecule has 0 amide bonds. The summed E-state index contributed by atoms with van der Waals surface area (Å²) in [6.45, 7) is 7.72. The minimum absolute atomic E-state index is 0.225. The van der Waals surface area contributed by atoms with Gasteiger partial charge in [-0.15, -0.1) is 0 Å². The second-order valence-electron chi connectivity index (χ2n) is 6.41. The zero-order valence-electron chi connectivity index (χ0n) is 13.2. The van der Waals surface area contributed by atoms with E-state index in [2.05, 4.69) is 41.4 Å². The Kier molecular flexibility index (Phi) is 5.28. The van der Waals surface area contributed by atoms with Crippen LogP contribution in [0.3, 0.4) is 0 Å². The van der Waals surface area contributed by atoms with E-state index in [1.54, 1.807) is 0 Å². The standard InChI is InChI=1S/C18H28N2O/c1-15(20-10-5-2-6-11-20)13-19-14-18-17-8-4-3-7-16(17)9-12-21-18/h3-4,7-8,15,18-19H,2,5-6,9-14H2,1H3. The van der Waals surface area contributed by atoms with Crippen molar-refractivity contribution < 1.29 is 4.74 Å². The molecule has 21 heavy (non-hydrogen) atoms. The SMILES string of the molecule is CC(CNCC1OCCc2ccccc21)N1CCCCC1. The topological polar surface area (TPSA) is 24.5 Å². The molecule has 2 atom stereocenters. The fraction of sp³-hybridized carbons (Fsp3) is 0.667. The summed E-state index contributed by atoms with van der Waals surface area (Å²) in [7, 11) is 0. The Balaban J connectivity index is 1.47. The van der Waals surface area contributed by atoms with Gasteiger partial charge in [-0.1, -0.05) is 30.7 Å². The van der Waals surface area contributed by atoms with Gasteiger partial charge in [-0.3, -0.25) is 4.90 Å². The van der Waals surface area contributed by atoms with Crippen LogP contribution in [0.2, 0.25) is 0 Å². The van der Waals surface area contributed by atoms with Crippen molar-refractivity contribution in [3.8, 4) is 0 Å². The summed E-state index contributed by atoms with van der Waals surface area (Å²) in [5.41, 5.74) is 2.83. The zero-order chi connectivity index (χ0) is 14.5. The number of benzene rings is 1. The Bertz CT molecular complexity index is 443. The third kappa shape index (κ3) is 3.85. The van der Waals surface area contributed by atoms with E-state index >= 15 is 0 Å². The first kappa shape index (κ1) is 15.0. The van der Waals surface area contributed by atoms with Gasteiger partial charge in [0.2, 0.25) is 0 Å². The van der Waals surface area contributed by atoms with E-state index in [1.807, 2.05) is 0 Å². The van der Waals surface area contributed by atoms with Crippen LogP contribution in [0.1, 0.15) is 43.4 Å². The molecule has 2 aliphatic rings. The Morgan fingerprint density at radius 1 is 1.24 bits per heavy atom. The first-order valence-electron chi connectivity index (χ1n) is 8.49. The molecule has 0 spiro atoms. The van der Waals surface area contributed by atoms with Gasteiger partial charge in [0, 0.05) is 19.1 Å². The third-order valence-corrected chi connectivity index (χ3v) is 4.88. The minimum atomic E-state index is 0.225. The Hall–Kier alpha value is -0.900. The fourth-order valence-corrected chi connectivity index (χ4v) is 3.56. The molecule has 1 fully saturated rings. The predicted octanol–water partition coefficient (Wildman–Crippen LogP) is 2.76. The molecule has 0 saturated carbocycles. The van der Waals surface area contributed by atoms with Crippen molar-refractivity contribution >= 4 is 0 Å². The van der Waals surface area contributed by atoms with Gasteiger partial charge in [0.25, 0.3) is 0 Å². The molecule has 1 N–H and O–H groups in total. The van der Waals surface area contributed by atoms with Gasteiger partial charge in [0.1, 0.15) is 0 Å². The molecule has 1 aromatic rings. The van der Waals surface area contributed by atoms with Gasteiger partial charge < -0.3 is 10.1 Å². The van der Waals surface area contributed by atoms with Crippen molar-refractivity contribution in [1.82, 2.24) is 10.2 Å². The number of ether oxygens (including phenoxy) is 1. The number of nitrogens with one attached hydrogen (secondary N) is 1. The average Bonchev–Trinajstić information content (AvgIpc) is 2.56. The highest BCUT2D eigenvalue weighted by molar-refractivity contribution is 5.31. The molecule has 0 aromatic heterocycles. The van der Waals surface area contributed by atoms with E-state index in [0.29, 0.717) is 6.04 Å². The summed E-state index contributed by atoms with van der Waals surface area (Å²) in [6, 6.07) is 9.34. The fourth-order valence-electron chi connectivity index (χ4n) is 3.56. The number of piperidine rings is 1. The lowest BCUT2D eigenvalue weighted by Gasteiger charge is -2.33. The van der Waals surface area contributed by atoms with Crippen molar-refractivity contribution in [2.24, 2.45) is 0 Å². The molecular formula is C18H28N2O. The minimum Gasteiger partial charge on any atom is -0.372 e. The van der Waals surface area contributed by atoms with Gasteiger partial charge in [0.05, 0.1) is 12.7 Å². The molecule has 0 radical (unpaired) electrons. The average molecular weight is 288 g/mol. The lowest BCUT2D eigenvalue weighted by molar-refractivity contribution is 0.0410. The molecule has 1 aromatic carbocycles. The van der Waals surface area contributed by atoms with Crippen molar-refractivity contribution in [2.75, 3.05) is 32.8 Å². The van der Waals surface area contributed by atoms with Crippen LogP contribution in [0.4, 0.5) is 0 Å². The van der Waals surface area contributed by atoms with Gasteiger partial charge in [-0.05, 0) is 50.4 Å². The highest BCUT2D eigenvalue weighted by Crippen LogP contribution is 2.26. The molecule has 0 bridgehead atoms. The van der Waals surface area contributed by atoms with Crippen molar-refractivity contribution in [1.29, 1.82) is 0 Å². The Labute approximate surface area is 128 Å². The second-order valence-corrected chi connectivity index (χ2v) is 6.41. The number of nitrogens with zero attached hydrogens (tertiary/aromatic N) is 1. The van der Waals surface area contributed by atoms with E-state index in [1.165, 1.54) is 43.5 Å². The van der Waals surface area contributed by atoms with Gasteiger partial charge in [-0.2, -0.15) is 0 Å². The van der Waals surface area contributed by atoms with Crippen LogP contribution in [0.5, 0.6) is 0 Å². The number of rotatable bonds is 5. The summed E-state index contributed by atoms with van der Waals surface area (Å²) in [4.78, 5) is 2.62. The summed E-state index contributed by atoms with van der Waals surface area (Å²) in [5, 5.41) is 3.63. The van der Waals surface area contributed by atoms with Gasteiger partial charge in [0.15, 0.2) is 0 Å². The first-order valence-corrected chi connectivity index (χ1v) is 8.49. The summed E-state index contributed by atoms with van der Waals surface area (Å²) in [5.74, 6) is 0. The summed E-state index contributed by atoms with van der Waals surface area (Å²) in [6.07, 6.45) is 5.41. The summed E-state index contributed by atoms with van der Waals surface area (Å²) >= 11 is 0. The molecule has 1 saturated heterocycles. The maximum atomic E-state index is 5.96. The monoisotopic (exact) mass is 288 g/mol. The normalized spacial score (nSPS) is 24.5. The molecule has 3 heteroatoms. The summed E-state index contributed by atoms with van der Waals surface area (Å²) < 4.78 is 5.96. The Morgan fingerprint density at radius 2 is 2.05 bits per heavy atom. The number of hydrogen-bond acceptors (Lipinski definition) is 3. The van der Waals surface area contributed by atoms with Crippen molar-refractivity contribution in [3.63, 3.8) is 0 Å². The molecule has 2 heterocycles. The van der Waals surface area contributed by atoms with Crippen LogP contribution < -0.4 is 5.32 Å². The maximum absolute atomic E-state index is 5.96. The quantitative estimate of drug-likeness (QED) is 0.901. The molecule has 2 aliphatic heterocycles. The lowest BCUT2D eigenvalue weighted by Crippen LogP contribution is -2.44. The van der Waals surface area contributed by atoms with Crippen LogP contribution in [-0.4, -0.2) is 43.7 Å². The highest BCUT2D eigenvalue weighted by Gasteiger charge is 2.21. The zero-order valence-corrected chi connectivity index (χ0v) is 13.2. The largest absolute Gasteiger partial charge is 0.372 e. The molecule has 3 nitrogen and oxygen atoms in total. The maximum Gasteiger partial charge on any atom is 0.0952 e. The second kappa shape index (κ2) is 7.39.